The molecule has 0 aliphatic heterocycles. The van der Waals surface area contributed by atoms with Crippen LogP contribution in [0.2, 0.25) is 0 Å². The summed E-state index contributed by atoms with van der Waals surface area (Å²) in [4.78, 5) is 0. The Balaban J connectivity index is 1.85. The minimum Gasteiger partial charge on any atom is -0.357 e. The average Bonchev–Trinajstić information content (AvgIpc) is 2.53. The molecule has 0 unspecified atom stereocenters. The first-order valence-electron chi connectivity index (χ1n) is 6.73. The normalized spacial score (nSPS) is 11.4. The van der Waals surface area contributed by atoms with Crippen LogP contribution in [0.1, 0.15) is 16.7 Å². The van der Waals surface area contributed by atoms with E-state index in [1.54, 1.807) is 0 Å². The summed E-state index contributed by atoms with van der Waals surface area (Å²) >= 11 is 5.04. The number of nitrogens with one attached hydrogen (secondary N) is 2. The fraction of sp³-hybridized carbons (Fsp3) is 0.125. The summed E-state index contributed by atoms with van der Waals surface area (Å²) in [5.74, 6) is 0. The summed E-state index contributed by atoms with van der Waals surface area (Å²) in [5, 5.41) is 7.07. The molecule has 3 nitrogen and oxygen atoms in total. The number of alkyl halides is 3. The summed E-state index contributed by atoms with van der Waals surface area (Å²) in [6.45, 7) is 0.533. The maximum absolute atomic E-state index is 12.6. The average molecular weight is 337 g/mol. The van der Waals surface area contributed by atoms with Crippen molar-refractivity contribution in [2.45, 2.75) is 12.7 Å². The second kappa shape index (κ2) is 7.73. The van der Waals surface area contributed by atoms with Gasteiger partial charge in [0.15, 0.2) is 5.11 Å². The maximum atomic E-state index is 12.6. The number of hydrazone groups is 1. The molecule has 0 heterocycles. The SMILES string of the molecule is FC(F)(F)c1cccc(C=NNC(=S)NCc2ccccc2)c1. The predicted molar refractivity (Wildman–Crippen MR) is 88.1 cm³/mol. The topological polar surface area (TPSA) is 36.4 Å². The van der Waals surface area contributed by atoms with Crippen LogP contribution in [0, 0.1) is 0 Å². The van der Waals surface area contributed by atoms with Crippen molar-refractivity contribution in [2.75, 3.05) is 0 Å². The van der Waals surface area contributed by atoms with E-state index >= 15 is 0 Å². The molecular formula is C16H14F3N3S. The zero-order valence-corrected chi connectivity index (χ0v) is 12.8. The highest BCUT2D eigenvalue weighted by Crippen LogP contribution is 2.29. The molecule has 0 amide bonds. The van der Waals surface area contributed by atoms with Gasteiger partial charge in [-0.2, -0.15) is 18.3 Å². The molecule has 0 saturated carbocycles. The lowest BCUT2D eigenvalue weighted by Crippen LogP contribution is -2.31. The first-order valence-corrected chi connectivity index (χ1v) is 7.14. The Bertz CT molecular complexity index is 684. The molecule has 120 valence electrons. The summed E-state index contributed by atoms with van der Waals surface area (Å²) in [5.41, 5.74) is 3.24. The fourth-order valence-electron chi connectivity index (χ4n) is 1.78. The van der Waals surface area contributed by atoms with Crippen LogP contribution in [0.5, 0.6) is 0 Å². The highest BCUT2D eigenvalue weighted by Gasteiger charge is 2.30. The number of benzene rings is 2. The number of rotatable bonds is 4. The van der Waals surface area contributed by atoms with E-state index in [2.05, 4.69) is 15.8 Å². The fourth-order valence-corrected chi connectivity index (χ4v) is 1.90. The van der Waals surface area contributed by atoms with Crippen LogP contribution in [0.25, 0.3) is 0 Å². The number of hydrogen-bond acceptors (Lipinski definition) is 2. The molecule has 2 N–H and O–H groups in total. The Morgan fingerprint density at radius 3 is 2.52 bits per heavy atom. The van der Waals surface area contributed by atoms with Gasteiger partial charge in [-0.25, -0.2) is 0 Å². The van der Waals surface area contributed by atoms with Crippen molar-refractivity contribution in [3.05, 3.63) is 71.3 Å². The van der Waals surface area contributed by atoms with E-state index in [9.17, 15) is 13.2 Å². The van der Waals surface area contributed by atoms with Gasteiger partial charge in [0.2, 0.25) is 0 Å². The summed E-state index contributed by atoms with van der Waals surface area (Å²) < 4.78 is 37.8. The van der Waals surface area contributed by atoms with Crippen LogP contribution in [-0.4, -0.2) is 11.3 Å². The Hall–Kier alpha value is -2.41. The molecule has 0 aliphatic carbocycles. The Morgan fingerprint density at radius 2 is 1.83 bits per heavy atom. The molecule has 0 radical (unpaired) electrons. The van der Waals surface area contributed by atoms with Gasteiger partial charge < -0.3 is 5.32 Å². The van der Waals surface area contributed by atoms with Crippen molar-refractivity contribution in [2.24, 2.45) is 5.10 Å². The van der Waals surface area contributed by atoms with E-state index in [1.165, 1.54) is 18.3 Å². The highest BCUT2D eigenvalue weighted by atomic mass is 32.1. The third-order valence-corrected chi connectivity index (χ3v) is 3.13. The molecule has 0 aromatic heterocycles. The molecule has 2 aromatic rings. The largest absolute Gasteiger partial charge is 0.416 e. The molecule has 23 heavy (non-hydrogen) atoms. The third-order valence-electron chi connectivity index (χ3n) is 2.89. The molecule has 0 bridgehead atoms. The number of nitrogens with zero attached hydrogens (tertiary/aromatic N) is 1. The van der Waals surface area contributed by atoms with Crippen LogP contribution < -0.4 is 10.7 Å². The molecular weight excluding hydrogens is 323 g/mol. The van der Waals surface area contributed by atoms with Crippen molar-refractivity contribution in [1.82, 2.24) is 10.7 Å². The lowest BCUT2D eigenvalue weighted by Gasteiger charge is -2.07. The molecule has 0 saturated heterocycles. The molecule has 2 aromatic carbocycles. The smallest absolute Gasteiger partial charge is 0.357 e. The number of thiocarbonyl (C=S) groups is 1. The molecule has 0 aliphatic rings. The number of halogens is 3. The van der Waals surface area contributed by atoms with Gasteiger partial charge >= 0.3 is 6.18 Å². The molecule has 7 heteroatoms. The summed E-state index contributed by atoms with van der Waals surface area (Å²) in [6.07, 6.45) is -3.09. The van der Waals surface area contributed by atoms with E-state index in [1.807, 2.05) is 30.3 Å². The van der Waals surface area contributed by atoms with E-state index < -0.39 is 11.7 Å². The van der Waals surface area contributed by atoms with Gasteiger partial charge in [0.25, 0.3) is 0 Å². The van der Waals surface area contributed by atoms with Crippen LogP contribution in [0.4, 0.5) is 13.2 Å². The van der Waals surface area contributed by atoms with Crippen molar-refractivity contribution < 1.29 is 13.2 Å². The van der Waals surface area contributed by atoms with E-state index in [4.69, 9.17) is 12.2 Å². The van der Waals surface area contributed by atoms with Crippen molar-refractivity contribution in [3.8, 4) is 0 Å². The van der Waals surface area contributed by atoms with Crippen LogP contribution in [-0.2, 0) is 12.7 Å². The lowest BCUT2D eigenvalue weighted by molar-refractivity contribution is -0.137. The Kier molecular flexibility index (Phi) is 5.70. The summed E-state index contributed by atoms with van der Waals surface area (Å²) in [7, 11) is 0. The molecule has 0 atom stereocenters. The van der Waals surface area contributed by atoms with Crippen LogP contribution in [0.15, 0.2) is 59.7 Å². The summed E-state index contributed by atoms with van der Waals surface area (Å²) in [6, 6.07) is 14.5. The second-order valence-electron chi connectivity index (χ2n) is 4.66. The molecule has 2 rings (SSSR count). The molecule has 0 spiro atoms. The Morgan fingerprint density at radius 1 is 1.09 bits per heavy atom. The first kappa shape index (κ1) is 17.0. The van der Waals surface area contributed by atoms with E-state index in [-0.39, 0.29) is 5.11 Å². The van der Waals surface area contributed by atoms with E-state index in [0.29, 0.717) is 12.1 Å². The highest BCUT2D eigenvalue weighted by molar-refractivity contribution is 7.80. The van der Waals surface area contributed by atoms with Gasteiger partial charge in [-0.3, -0.25) is 5.43 Å². The van der Waals surface area contributed by atoms with Gasteiger partial charge in [-0.15, -0.1) is 0 Å². The zero-order valence-electron chi connectivity index (χ0n) is 12.0. The minimum absolute atomic E-state index is 0.289. The minimum atomic E-state index is -4.37. The van der Waals surface area contributed by atoms with Gasteiger partial charge in [0, 0.05) is 6.54 Å². The molecule has 0 fully saturated rings. The van der Waals surface area contributed by atoms with Crippen molar-refractivity contribution in [1.29, 1.82) is 0 Å². The number of hydrogen-bond donors (Lipinski definition) is 2. The van der Waals surface area contributed by atoms with Gasteiger partial charge in [0.1, 0.15) is 0 Å². The van der Waals surface area contributed by atoms with Gasteiger partial charge in [0.05, 0.1) is 11.8 Å². The van der Waals surface area contributed by atoms with Crippen LogP contribution >= 0.6 is 12.2 Å². The predicted octanol–water partition coefficient (Wildman–Crippen LogP) is 3.70. The van der Waals surface area contributed by atoms with Gasteiger partial charge in [-0.05, 0) is 35.5 Å². The van der Waals surface area contributed by atoms with E-state index in [0.717, 1.165) is 17.7 Å². The van der Waals surface area contributed by atoms with Crippen LogP contribution in [0.3, 0.4) is 0 Å². The first-order chi connectivity index (χ1) is 10.9. The van der Waals surface area contributed by atoms with Gasteiger partial charge in [-0.1, -0.05) is 42.5 Å². The maximum Gasteiger partial charge on any atom is 0.416 e. The third kappa shape index (κ3) is 5.71. The van der Waals surface area contributed by atoms with Crippen molar-refractivity contribution in [3.63, 3.8) is 0 Å². The zero-order chi connectivity index (χ0) is 16.7. The monoisotopic (exact) mass is 337 g/mol. The quantitative estimate of drug-likeness (QED) is 0.507. The standard InChI is InChI=1S/C16H14F3N3S/c17-16(18,19)14-8-4-7-13(9-14)11-21-22-15(23)20-10-12-5-2-1-3-6-12/h1-9,11H,10H2,(H2,20,22,23). The second-order valence-corrected chi connectivity index (χ2v) is 5.07. The Labute approximate surface area is 137 Å². The lowest BCUT2D eigenvalue weighted by atomic mass is 10.1. The van der Waals surface area contributed by atoms with Crippen molar-refractivity contribution >= 4 is 23.5 Å².